The molecule has 356 valence electrons. The van der Waals surface area contributed by atoms with Crippen molar-refractivity contribution in [2.75, 3.05) is 19.8 Å². The van der Waals surface area contributed by atoms with E-state index in [0.29, 0.717) is 0 Å². The van der Waals surface area contributed by atoms with Gasteiger partial charge in [-0.25, -0.2) is 0 Å². The van der Waals surface area contributed by atoms with E-state index in [9.17, 15) is 104 Å². The van der Waals surface area contributed by atoms with Crippen molar-refractivity contribution in [3.05, 3.63) is 0 Å². The highest BCUT2D eigenvalue weighted by molar-refractivity contribution is 5.99. The number of nitrogens with one attached hydrogen (secondary N) is 6. The second kappa shape index (κ2) is 26.9. The Balaban J connectivity index is 7.10. The zero-order valence-corrected chi connectivity index (χ0v) is 32.8. The third-order valence-electron chi connectivity index (χ3n) is 8.65. The van der Waals surface area contributed by atoms with Crippen molar-refractivity contribution in [2.45, 2.75) is 124 Å². The molecule has 0 aromatic heterocycles. The first-order valence-electron chi connectivity index (χ1n) is 18.1. The number of carboxylic acids is 3. The van der Waals surface area contributed by atoms with Gasteiger partial charge in [-0.15, -0.1) is 0 Å². The van der Waals surface area contributed by atoms with E-state index in [0.717, 1.165) is 6.92 Å². The van der Waals surface area contributed by atoms with Crippen molar-refractivity contribution in [3.63, 3.8) is 0 Å². The number of carbonyl (C=O) groups excluding carboxylic acids is 6. The zero-order valence-electron chi connectivity index (χ0n) is 32.8. The highest BCUT2D eigenvalue weighted by Gasteiger charge is 2.43. The third-order valence-corrected chi connectivity index (χ3v) is 8.65. The molecular weight excluding hydrogens is 852 g/mol. The standard InChI is InChI=1S/C32H54N6O24/c1-3-15(45)36-18(24(53)21(50)12(42)6-39)30(59)34-10(4-16(46)47)28(57)38-20(26(55)23(52)14(44)8-41)31(60)35-11(5-17(48)49)27(56)37-19(25(54)22(51)13(43)7-40)29(58)33-9(2)32(61)62/h9-14,18-26,39-44,50-55H,3-8H2,1-2H3,(H,33,58)(H,34,59)(H,35,60)(H,36,45)(H,37,56)(H,38,57)(H,46,47)(H,48,49)(H,61,62)/t9-,10-,11-,12+,13+,14+,18-,19-,20-,21+,22+,23+,24+,25+,26+/m0/s1. The molecule has 0 aliphatic heterocycles. The maximum Gasteiger partial charge on any atom is 0.325 e. The lowest BCUT2D eigenvalue weighted by Crippen LogP contribution is -2.66. The first-order chi connectivity index (χ1) is 28.7. The Kier molecular flexibility index (Phi) is 24.7. The van der Waals surface area contributed by atoms with Gasteiger partial charge in [-0.05, 0) is 6.92 Å². The lowest BCUT2D eigenvalue weighted by molar-refractivity contribution is -0.147. The molecule has 0 rings (SSSR count). The van der Waals surface area contributed by atoms with Gasteiger partial charge in [0.1, 0.15) is 91.2 Å². The number of aliphatic hydroxyl groups excluding tert-OH is 12. The number of aliphatic carboxylic acids is 3. The van der Waals surface area contributed by atoms with Gasteiger partial charge >= 0.3 is 17.9 Å². The molecule has 0 saturated carbocycles. The Morgan fingerprint density at radius 3 is 0.968 bits per heavy atom. The molecule has 0 aromatic rings. The molecule has 0 fully saturated rings. The van der Waals surface area contributed by atoms with Crippen LogP contribution in [0.3, 0.4) is 0 Å². The van der Waals surface area contributed by atoms with Crippen molar-refractivity contribution < 1.29 is 120 Å². The fraction of sp³-hybridized carbons (Fsp3) is 0.719. The van der Waals surface area contributed by atoms with Crippen molar-refractivity contribution in [1.29, 1.82) is 0 Å². The molecule has 0 aliphatic carbocycles. The molecule has 0 saturated heterocycles. The van der Waals surface area contributed by atoms with Gasteiger partial charge in [0.2, 0.25) is 35.4 Å². The molecule has 0 spiro atoms. The molecular formula is C32H54N6O24. The van der Waals surface area contributed by atoms with Crippen LogP contribution >= 0.6 is 0 Å². The summed E-state index contributed by atoms with van der Waals surface area (Å²) < 4.78 is 0. The summed E-state index contributed by atoms with van der Waals surface area (Å²) in [4.78, 5) is 114. The number of amides is 6. The smallest absolute Gasteiger partial charge is 0.325 e. The summed E-state index contributed by atoms with van der Waals surface area (Å²) in [6.07, 6.45) is -25.3. The minimum Gasteiger partial charge on any atom is -0.481 e. The van der Waals surface area contributed by atoms with Gasteiger partial charge in [-0.1, -0.05) is 6.92 Å². The molecule has 0 heterocycles. The summed E-state index contributed by atoms with van der Waals surface area (Å²) in [6.45, 7) is -1.61. The van der Waals surface area contributed by atoms with Crippen LogP contribution in [-0.2, 0) is 43.2 Å². The third kappa shape index (κ3) is 17.6. The largest absolute Gasteiger partial charge is 0.481 e. The van der Waals surface area contributed by atoms with Crippen LogP contribution in [0.4, 0.5) is 0 Å². The molecule has 21 N–H and O–H groups in total. The van der Waals surface area contributed by atoms with Crippen LogP contribution in [-0.4, -0.2) is 241 Å². The summed E-state index contributed by atoms with van der Waals surface area (Å²) >= 11 is 0. The maximum atomic E-state index is 13.7. The number of aliphatic hydroxyl groups is 12. The van der Waals surface area contributed by atoms with Gasteiger partial charge in [0.15, 0.2) is 0 Å². The molecule has 0 aliphatic rings. The average molecular weight is 907 g/mol. The summed E-state index contributed by atoms with van der Waals surface area (Å²) in [6, 6.07) is -14.3. The molecule has 15 atom stereocenters. The molecule has 0 unspecified atom stereocenters. The number of rotatable bonds is 29. The summed E-state index contributed by atoms with van der Waals surface area (Å²) in [7, 11) is 0. The predicted octanol–water partition coefficient (Wildman–Crippen LogP) is -12.4. The fourth-order valence-electron chi connectivity index (χ4n) is 4.96. The number of carbonyl (C=O) groups is 9. The van der Waals surface area contributed by atoms with Crippen LogP contribution in [0.2, 0.25) is 0 Å². The summed E-state index contributed by atoms with van der Waals surface area (Å²) in [5.41, 5.74) is 0. The van der Waals surface area contributed by atoms with E-state index in [4.69, 9.17) is 15.3 Å². The highest BCUT2D eigenvalue weighted by atomic mass is 16.4. The van der Waals surface area contributed by atoms with Crippen LogP contribution in [0.25, 0.3) is 0 Å². The van der Waals surface area contributed by atoms with E-state index in [-0.39, 0.29) is 6.42 Å². The Bertz CT molecular complexity index is 1560. The molecule has 62 heavy (non-hydrogen) atoms. The zero-order chi connectivity index (χ0) is 48.3. The van der Waals surface area contributed by atoms with Gasteiger partial charge in [-0.2, -0.15) is 0 Å². The van der Waals surface area contributed by atoms with Crippen molar-refractivity contribution >= 4 is 53.4 Å². The van der Waals surface area contributed by atoms with Crippen LogP contribution in [0.15, 0.2) is 0 Å². The molecule has 30 nitrogen and oxygen atoms in total. The van der Waals surface area contributed by atoms with Crippen molar-refractivity contribution in [1.82, 2.24) is 31.9 Å². The van der Waals surface area contributed by atoms with Gasteiger partial charge < -0.3 is 108 Å². The second-order valence-electron chi connectivity index (χ2n) is 13.5. The van der Waals surface area contributed by atoms with Crippen LogP contribution < -0.4 is 31.9 Å². The Labute approximate surface area is 349 Å². The van der Waals surface area contributed by atoms with E-state index in [1.165, 1.54) is 6.92 Å². The first-order valence-corrected chi connectivity index (χ1v) is 18.1. The number of hydrogen-bond acceptors (Lipinski definition) is 21. The van der Waals surface area contributed by atoms with Gasteiger partial charge in [-0.3, -0.25) is 43.2 Å². The van der Waals surface area contributed by atoms with Crippen molar-refractivity contribution in [2.24, 2.45) is 0 Å². The molecule has 6 amide bonds. The summed E-state index contributed by atoms with van der Waals surface area (Å²) in [5.74, 6) is -15.2. The monoisotopic (exact) mass is 906 g/mol. The van der Waals surface area contributed by atoms with Crippen LogP contribution in [0, 0.1) is 0 Å². The van der Waals surface area contributed by atoms with Crippen LogP contribution in [0.5, 0.6) is 0 Å². The lowest BCUT2D eigenvalue weighted by atomic mass is 9.98. The number of carboxylic acid groups (broad SMARTS) is 3. The molecule has 30 heteroatoms. The SMILES string of the molecule is CCC(=O)N[C@H](C(=O)N[C@@H](CC(=O)O)C(=O)N[C@H](C(=O)N[C@@H](CC(=O)O)C(=O)N[C@H](C(=O)N[C@@H](C)C(=O)O)[C@@H](O)[C@H](O)[C@H](O)CO)[C@@H](O)[C@H](O)[C@H](O)CO)[C@@H](O)[C@H](O)[C@H](O)CO. The summed E-state index contributed by atoms with van der Waals surface area (Å²) in [5, 5.41) is 159. The predicted molar refractivity (Wildman–Crippen MR) is 195 cm³/mol. The highest BCUT2D eigenvalue weighted by Crippen LogP contribution is 2.12. The van der Waals surface area contributed by atoms with E-state index in [1.54, 1.807) is 26.6 Å². The van der Waals surface area contributed by atoms with Crippen LogP contribution in [0.1, 0.15) is 33.1 Å². The quantitative estimate of drug-likeness (QED) is 0.0331. The first kappa shape index (κ1) is 56.8. The van der Waals surface area contributed by atoms with E-state index >= 15 is 0 Å². The van der Waals surface area contributed by atoms with E-state index in [2.05, 4.69) is 0 Å². The molecule has 0 bridgehead atoms. The van der Waals surface area contributed by atoms with E-state index < -0.39 is 177 Å². The Morgan fingerprint density at radius 1 is 0.419 bits per heavy atom. The second-order valence-corrected chi connectivity index (χ2v) is 13.5. The van der Waals surface area contributed by atoms with E-state index in [1.807, 2.05) is 5.32 Å². The average Bonchev–Trinajstić information content (AvgIpc) is 3.22. The fourth-order valence-corrected chi connectivity index (χ4v) is 4.96. The van der Waals surface area contributed by atoms with Gasteiger partial charge in [0, 0.05) is 6.42 Å². The Morgan fingerprint density at radius 2 is 0.710 bits per heavy atom. The normalized spacial score (nSPS) is 18.7. The molecule has 0 aromatic carbocycles. The Hall–Kier alpha value is -5.25. The lowest BCUT2D eigenvalue weighted by Gasteiger charge is -2.32. The van der Waals surface area contributed by atoms with Crippen molar-refractivity contribution in [3.8, 4) is 0 Å². The number of hydrogen-bond donors (Lipinski definition) is 21. The minimum atomic E-state index is -2.81. The minimum absolute atomic E-state index is 0.376. The van der Waals surface area contributed by atoms with Gasteiger partial charge in [0.25, 0.3) is 0 Å². The topological polar surface area (TPSA) is 529 Å². The van der Waals surface area contributed by atoms with Gasteiger partial charge in [0.05, 0.1) is 32.7 Å². The molecule has 0 radical (unpaired) electrons. The maximum absolute atomic E-state index is 13.7.